The van der Waals surface area contributed by atoms with Crippen molar-refractivity contribution in [3.05, 3.63) is 22.1 Å². The van der Waals surface area contributed by atoms with E-state index in [2.05, 4.69) is 9.47 Å². The first kappa shape index (κ1) is 14.2. The van der Waals surface area contributed by atoms with Crippen LogP contribution in [0, 0.1) is 0 Å². The van der Waals surface area contributed by atoms with Gasteiger partial charge in [-0.25, -0.2) is 0 Å². The quantitative estimate of drug-likeness (QED) is 0.844. The van der Waals surface area contributed by atoms with Crippen LogP contribution in [0.2, 0.25) is 0 Å². The van der Waals surface area contributed by atoms with Crippen molar-refractivity contribution in [2.75, 3.05) is 7.11 Å². The molecule has 18 heavy (non-hydrogen) atoms. The third-order valence-corrected chi connectivity index (χ3v) is 1.73. The van der Waals surface area contributed by atoms with Gasteiger partial charge in [-0.1, -0.05) is 0 Å². The molecular formula is C8H5F6NO3. The number of pyridine rings is 1. The van der Waals surface area contributed by atoms with E-state index >= 15 is 0 Å². The topological polar surface area (TPSA) is 51.3 Å². The van der Waals surface area contributed by atoms with Gasteiger partial charge in [0, 0.05) is 6.20 Å². The molecular weight excluding hydrogens is 272 g/mol. The predicted molar refractivity (Wildman–Crippen MR) is 45.3 cm³/mol. The summed E-state index contributed by atoms with van der Waals surface area (Å²) in [5, 5.41) is 0. The molecule has 4 nitrogen and oxygen atoms in total. The van der Waals surface area contributed by atoms with Crippen LogP contribution in [-0.4, -0.2) is 18.5 Å². The van der Waals surface area contributed by atoms with Crippen LogP contribution >= 0.6 is 0 Å². The van der Waals surface area contributed by atoms with Gasteiger partial charge < -0.3 is 14.5 Å². The molecule has 0 unspecified atom stereocenters. The Morgan fingerprint density at radius 3 is 2.11 bits per heavy atom. The lowest BCUT2D eigenvalue weighted by molar-refractivity contribution is -0.277. The smallest absolute Gasteiger partial charge is 0.491 e. The average Bonchev–Trinajstić information content (AvgIpc) is 2.17. The molecule has 0 aliphatic rings. The number of alkyl halides is 6. The number of aromatic amines is 1. The van der Waals surface area contributed by atoms with Gasteiger partial charge >= 0.3 is 12.5 Å². The van der Waals surface area contributed by atoms with E-state index in [0.29, 0.717) is 6.20 Å². The molecule has 0 amide bonds. The Kier molecular flexibility index (Phi) is 3.49. The zero-order chi connectivity index (χ0) is 14.1. The van der Waals surface area contributed by atoms with Crippen LogP contribution < -0.4 is 14.9 Å². The Bertz CT molecular complexity index is 489. The molecule has 10 heteroatoms. The highest BCUT2D eigenvalue weighted by Crippen LogP contribution is 2.35. The third-order valence-electron chi connectivity index (χ3n) is 1.73. The number of H-pyrrole nitrogens is 1. The Hall–Kier alpha value is -1.87. The van der Waals surface area contributed by atoms with Crippen molar-refractivity contribution in [2.45, 2.75) is 12.5 Å². The van der Waals surface area contributed by atoms with E-state index in [1.165, 1.54) is 4.98 Å². The second kappa shape index (κ2) is 4.42. The van der Waals surface area contributed by atoms with Gasteiger partial charge in [-0.05, 0) is 0 Å². The molecule has 0 atom stereocenters. The molecule has 1 rings (SSSR count). The Labute approximate surface area is 95.1 Å². The van der Waals surface area contributed by atoms with E-state index in [1.54, 1.807) is 0 Å². The first-order chi connectivity index (χ1) is 8.06. The largest absolute Gasteiger partial charge is 0.573 e. The van der Waals surface area contributed by atoms with Gasteiger partial charge in [0.2, 0.25) is 5.75 Å². The first-order valence-electron chi connectivity index (χ1n) is 4.19. The van der Waals surface area contributed by atoms with E-state index < -0.39 is 35.2 Å². The summed E-state index contributed by atoms with van der Waals surface area (Å²) in [4.78, 5) is 12.8. The number of nitrogens with one attached hydrogen (secondary N) is 1. The van der Waals surface area contributed by atoms with Gasteiger partial charge in [0.25, 0.3) is 5.43 Å². The highest BCUT2D eigenvalue weighted by molar-refractivity contribution is 5.36. The molecule has 1 aromatic rings. The second-order valence-electron chi connectivity index (χ2n) is 2.94. The normalized spacial score (nSPS) is 12.4. The summed E-state index contributed by atoms with van der Waals surface area (Å²) in [5.41, 5.74) is -3.59. The minimum atomic E-state index is -5.43. The summed E-state index contributed by atoms with van der Waals surface area (Å²) in [5.74, 6) is -2.64. The lowest BCUT2D eigenvalue weighted by Gasteiger charge is -2.15. The summed E-state index contributed by atoms with van der Waals surface area (Å²) in [6.07, 6.45) is -10.1. The number of halogens is 6. The molecule has 1 aromatic heterocycles. The van der Waals surface area contributed by atoms with Crippen molar-refractivity contribution < 1.29 is 35.8 Å². The summed E-state index contributed by atoms with van der Waals surface area (Å²) in [6.45, 7) is 0. The number of rotatable bonds is 2. The van der Waals surface area contributed by atoms with E-state index in [0.717, 1.165) is 7.11 Å². The molecule has 0 radical (unpaired) electrons. The van der Waals surface area contributed by atoms with Crippen molar-refractivity contribution in [1.29, 1.82) is 0 Å². The third kappa shape index (κ3) is 3.08. The summed E-state index contributed by atoms with van der Waals surface area (Å²) in [7, 11) is 0.912. The Morgan fingerprint density at radius 1 is 1.17 bits per heavy atom. The van der Waals surface area contributed by atoms with Crippen LogP contribution in [0.1, 0.15) is 5.69 Å². The minimum absolute atomic E-state index is 0.494. The molecule has 0 aliphatic carbocycles. The number of methoxy groups -OCH3 is 1. The molecule has 1 N–H and O–H groups in total. The fraction of sp³-hybridized carbons (Fsp3) is 0.375. The predicted octanol–water partition coefficient (Wildman–Crippen LogP) is 2.30. The molecule has 102 valence electrons. The maximum atomic E-state index is 12.4. The lowest BCUT2D eigenvalue weighted by Crippen LogP contribution is -2.26. The highest BCUT2D eigenvalue weighted by atomic mass is 19.4. The Balaban J connectivity index is 3.46. The second-order valence-corrected chi connectivity index (χ2v) is 2.94. The van der Waals surface area contributed by atoms with Crippen molar-refractivity contribution in [2.24, 2.45) is 0 Å². The van der Waals surface area contributed by atoms with Crippen LogP contribution in [0.25, 0.3) is 0 Å². The molecule has 0 spiro atoms. The van der Waals surface area contributed by atoms with Gasteiger partial charge in [0.1, 0.15) is 0 Å². The van der Waals surface area contributed by atoms with Crippen LogP contribution in [0.5, 0.6) is 11.5 Å². The van der Waals surface area contributed by atoms with Gasteiger partial charge in [-0.2, -0.15) is 13.2 Å². The van der Waals surface area contributed by atoms with E-state index in [9.17, 15) is 31.1 Å². The number of hydrogen-bond acceptors (Lipinski definition) is 3. The summed E-state index contributed by atoms with van der Waals surface area (Å²) in [6, 6.07) is 0. The van der Waals surface area contributed by atoms with Crippen LogP contribution in [0.3, 0.4) is 0 Å². The van der Waals surface area contributed by atoms with E-state index in [1.807, 2.05) is 0 Å². The minimum Gasteiger partial charge on any atom is -0.491 e. The fourth-order valence-corrected chi connectivity index (χ4v) is 1.07. The first-order valence-corrected chi connectivity index (χ1v) is 4.19. The van der Waals surface area contributed by atoms with Crippen LogP contribution in [0.15, 0.2) is 11.0 Å². The monoisotopic (exact) mass is 277 g/mol. The van der Waals surface area contributed by atoms with E-state index in [-0.39, 0.29) is 0 Å². The zero-order valence-corrected chi connectivity index (χ0v) is 8.57. The van der Waals surface area contributed by atoms with Gasteiger partial charge in [-0.3, -0.25) is 4.79 Å². The highest BCUT2D eigenvalue weighted by Gasteiger charge is 2.42. The zero-order valence-electron chi connectivity index (χ0n) is 8.57. The number of ether oxygens (including phenoxy) is 2. The molecule has 0 saturated carbocycles. The van der Waals surface area contributed by atoms with E-state index in [4.69, 9.17) is 0 Å². The molecule has 1 heterocycles. The lowest BCUT2D eigenvalue weighted by atomic mass is 10.3. The van der Waals surface area contributed by atoms with Gasteiger partial charge in [0.15, 0.2) is 11.4 Å². The molecule has 0 saturated heterocycles. The number of aromatic nitrogens is 1. The summed E-state index contributed by atoms with van der Waals surface area (Å²) < 4.78 is 80.4. The van der Waals surface area contributed by atoms with Crippen LogP contribution in [0.4, 0.5) is 26.3 Å². The average molecular weight is 277 g/mol. The maximum absolute atomic E-state index is 12.4. The van der Waals surface area contributed by atoms with Crippen LogP contribution in [-0.2, 0) is 6.18 Å². The Morgan fingerprint density at radius 2 is 1.72 bits per heavy atom. The standard InChI is InChI=1S/C8H5F6NO3/c1-17-3-2-15-6(7(9,10)11)5(4(3)16)18-8(12,13)14/h2H,1H3,(H,15,16). The molecule has 0 aromatic carbocycles. The van der Waals surface area contributed by atoms with Crippen molar-refractivity contribution in [3.63, 3.8) is 0 Å². The number of hydrogen-bond donors (Lipinski definition) is 1. The van der Waals surface area contributed by atoms with Crippen molar-refractivity contribution in [3.8, 4) is 11.5 Å². The van der Waals surface area contributed by atoms with Gasteiger partial charge in [0.05, 0.1) is 7.11 Å². The van der Waals surface area contributed by atoms with Crippen molar-refractivity contribution in [1.82, 2.24) is 4.98 Å². The van der Waals surface area contributed by atoms with Gasteiger partial charge in [-0.15, -0.1) is 13.2 Å². The maximum Gasteiger partial charge on any atom is 0.573 e. The van der Waals surface area contributed by atoms with Crippen molar-refractivity contribution >= 4 is 0 Å². The molecule has 0 bridgehead atoms. The molecule has 0 aliphatic heterocycles. The molecule has 0 fully saturated rings. The summed E-state index contributed by atoms with van der Waals surface area (Å²) >= 11 is 0. The fourth-order valence-electron chi connectivity index (χ4n) is 1.07. The SMILES string of the molecule is COc1c[nH]c(C(F)(F)F)c(OC(F)(F)F)c1=O.